The fourth-order valence-corrected chi connectivity index (χ4v) is 3.21. The summed E-state index contributed by atoms with van der Waals surface area (Å²) >= 11 is 10.3. The molecule has 0 aliphatic heterocycles. The van der Waals surface area contributed by atoms with Crippen molar-refractivity contribution >= 4 is 27.5 Å². The fraction of sp³-hybridized carbons (Fsp3) is 0.250. The van der Waals surface area contributed by atoms with Gasteiger partial charge in [-0.25, -0.2) is 0 Å². The number of methoxy groups -OCH3 is 1. The van der Waals surface area contributed by atoms with E-state index in [0.29, 0.717) is 0 Å². The fourth-order valence-electron chi connectivity index (χ4n) is 2.24. The minimum atomic E-state index is -0.215. The van der Waals surface area contributed by atoms with E-state index in [0.717, 1.165) is 32.5 Å². The van der Waals surface area contributed by atoms with Crippen molar-refractivity contribution in [2.75, 3.05) is 7.11 Å². The van der Waals surface area contributed by atoms with E-state index in [1.165, 1.54) is 0 Å². The van der Waals surface area contributed by atoms with Crippen molar-refractivity contribution in [2.45, 2.75) is 19.2 Å². The summed E-state index contributed by atoms with van der Waals surface area (Å²) in [5.74, 6) is 0.865. The normalized spacial score (nSPS) is 12.3. The van der Waals surface area contributed by atoms with Crippen molar-refractivity contribution in [3.8, 4) is 5.75 Å². The summed E-state index contributed by atoms with van der Waals surface area (Å²) in [6.45, 7) is 4.08. The van der Waals surface area contributed by atoms with Crippen molar-refractivity contribution in [1.82, 2.24) is 0 Å². The summed E-state index contributed by atoms with van der Waals surface area (Å²) < 4.78 is 6.61. The first-order valence-electron chi connectivity index (χ1n) is 6.08. The van der Waals surface area contributed by atoms with Gasteiger partial charge in [0, 0.05) is 10.0 Å². The topological polar surface area (TPSA) is 9.23 Å². The van der Waals surface area contributed by atoms with Crippen LogP contribution in [0.25, 0.3) is 0 Å². The highest BCUT2D eigenvalue weighted by atomic mass is 79.9. The average Bonchev–Trinajstić information content (AvgIpc) is 2.42. The molecule has 0 aromatic heterocycles. The number of rotatable bonds is 3. The Bertz CT molecular complexity index is 581. The number of benzene rings is 2. The van der Waals surface area contributed by atoms with Crippen LogP contribution >= 0.6 is 27.5 Å². The van der Waals surface area contributed by atoms with Crippen molar-refractivity contribution in [2.24, 2.45) is 0 Å². The molecule has 0 heterocycles. The molecule has 1 unspecified atom stereocenters. The molecule has 0 spiro atoms. The first-order chi connectivity index (χ1) is 9.06. The van der Waals surface area contributed by atoms with E-state index in [4.69, 9.17) is 16.3 Å². The van der Waals surface area contributed by atoms with E-state index in [2.05, 4.69) is 28.9 Å². The van der Waals surface area contributed by atoms with Gasteiger partial charge in [-0.15, -0.1) is 11.6 Å². The van der Waals surface area contributed by atoms with Gasteiger partial charge >= 0.3 is 0 Å². The molecule has 0 saturated carbocycles. The Morgan fingerprint density at radius 3 is 2.37 bits per heavy atom. The quantitative estimate of drug-likeness (QED) is 0.680. The molecule has 1 atom stereocenters. The first-order valence-corrected chi connectivity index (χ1v) is 7.31. The summed E-state index contributed by atoms with van der Waals surface area (Å²) in [7, 11) is 1.69. The van der Waals surface area contributed by atoms with Crippen LogP contribution in [0.15, 0.2) is 40.9 Å². The molecule has 3 heteroatoms. The molecule has 100 valence electrons. The van der Waals surface area contributed by atoms with Gasteiger partial charge in [0.2, 0.25) is 0 Å². The Hall–Kier alpha value is -0.990. The molecule has 0 aliphatic carbocycles. The van der Waals surface area contributed by atoms with Gasteiger partial charge in [0.15, 0.2) is 0 Å². The summed E-state index contributed by atoms with van der Waals surface area (Å²) in [6.07, 6.45) is 0. The molecule has 19 heavy (non-hydrogen) atoms. The lowest BCUT2D eigenvalue weighted by Crippen LogP contribution is -2.03. The Kier molecular flexibility index (Phi) is 4.54. The Morgan fingerprint density at radius 2 is 1.79 bits per heavy atom. The Morgan fingerprint density at radius 1 is 1.16 bits per heavy atom. The maximum Gasteiger partial charge on any atom is 0.127 e. The predicted octanol–water partition coefficient (Wildman–Crippen LogP) is 5.40. The minimum Gasteiger partial charge on any atom is -0.496 e. The van der Waals surface area contributed by atoms with E-state index in [9.17, 15) is 0 Å². The predicted molar refractivity (Wildman–Crippen MR) is 84.3 cm³/mol. The van der Waals surface area contributed by atoms with Gasteiger partial charge in [0.1, 0.15) is 5.75 Å². The van der Waals surface area contributed by atoms with E-state index < -0.39 is 0 Å². The zero-order chi connectivity index (χ0) is 14.0. The van der Waals surface area contributed by atoms with E-state index in [-0.39, 0.29) is 5.38 Å². The average molecular weight is 340 g/mol. The van der Waals surface area contributed by atoms with Crippen LogP contribution in [0.4, 0.5) is 0 Å². The number of hydrogen-bond donors (Lipinski definition) is 0. The van der Waals surface area contributed by atoms with Crippen molar-refractivity contribution in [3.63, 3.8) is 0 Å². The molecular formula is C16H16BrClO. The molecule has 0 radical (unpaired) electrons. The highest BCUT2D eigenvalue weighted by Gasteiger charge is 2.21. The van der Waals surface area contributed by atoms with E-state index in [1.807, 2.05) is 37.3 Å². The second-order valence-electron chi connectivity index (χ2n) is 4.52. The Labute approximate surface area is 127 Å². The van der Waals surface area contributed by atoms with Gasteiger partial charge < -0.3 is 4.74 Å². The molecule has 2 rings (SSSR count). The van der Waals surface area contributed by atoms with Gasteiger partial charge in [-0.05, 0) is 36.6 Å². The van der Waals surface area contributed by atoms with Crippen molar-refractivity contribution in [3.05, 3.63) is 63.1 Å². The smallest absolute Gasteiger partial charge is 0.127 e. The lowest BCUT2D eigenvalue weighted by Gasteiger charge is -2.20. The maximum absolute atomic E-state index is 6.66. The summed E-state index contributed by atoms with van der Waals surface area (Å²) in [6, 6.07) is 12.1. The molecule has 2 aromatic rings. The molecule has 0 aliphatic rings. The maximum atomic E-state index is 6.66. The largest absolute Gasteiger partial charge is 0.496 e. The van der Waals surface area contributed by atoms with Gasteiger partial charge in [-0.2, -0.15) is 0 Å². The Balaban J connectivity index is 2.61. The SMILES string of the molecule is COc1c(C)cc(Br)c(C)c1C(Cl)c1ccccc1. The molecule has 0 N–H and O–H groups in total. The highest BCUT2D eigenvalue weighted by molar-refractivity contribution is 9.10. The lowest BCUT2D eigenvalue weighted by atomic mass is 9.96. The third-order valence-corrected chi connectivity index (χ3v) is 4.55. The third kappa shape index (κ3) is 2.80. The molecule has 1 nitrogen and oxygen atoms in total. The highest BCUT2D eigenvalue weighted by Crippen LogP contribution is 2.41. The van der Waals surface area contributed by atoms with Gasteiger partial charge in [-0.3, -0.25) is 0 Å². The van der Waals surface area contributed by atoms with Crippen LogP contribution in [-0.4, -0.2) is 7.11 Å². The third-order valence-electron chi connectivity index (χ3n) is 3.26. The van der Waals surface area contributed by atoms with E-state index in [1.54, 1.807) is 7.11 Å². The summed E-state index contributed by atoms with van der Waals surface area (Å²) in [5, 5.41) is -0.215. The van der Waals surface area contributed by atoms with Crippen molar-refractivity contribution < 1.29 is 4.74 Å². The zero-order valence-electron chi connectivity index (χ0n) is 11.2. The molecule has 0 saturated heterocycles. The van der Waals surface area contributed by atoms with Crippen LogP contribution < -0.4 is 4.74 Å². The van der Waals surface area contributed by atoms with Crippen LogP contribution in [0.1, 0.15) is 27.6 Å². The van der Waals surface area contributed by atoms with Crippen LogP contribution in [0.3, 0.4) is 0 Å². The monoisotopic (exact) mass is 338 g/mol. The molecule has 0 fully saturated rings. The van der Waals surface area contributed by atoms with Crippen molar-refractivity contribution in [1.29, 1.82) is 0 Å². The number of halogens is 2. The van der Waals surface area contributed by atoms with Crippen LogP contribution in [0.5, 0.6) is 5.75 Å². The molecule has 2 aromatic carbocycles. The minimum absolute atomic E-state index is 0.215. The van der Waals surface area contributed by atoms with Gasteiger partial charge in [0.05, 0.1) is 12.5 Å². The second-order valence-corrected chi connectivity index (χ2v) is 5.81. The van der Waals surface area contributed by atoms with Gasteiger partial charge in [-0.1, -0.05) is 46.3 Å². The number of alkyl halides is 1. The van der Waals surface area contributed by atoms with Crippen LogP contribution in [-0.2, 0) is 0 Å². The number of ether oxygens (including phenoxy) is 1. The lowest BCUT2D eigenvalue weighted by molar-refractivity contribution is 0.406. The number of aryl methyl sites for hydroxylation is 1. The van der Waals surface area contributed by atoms with Crippen LogP contribution in [0.2, 0.25) is 0 Å². The standard InChI is InChI=1S/C16H16BrClO/c1-10-9-13(17)11(2)14(16(10)19-3)15(18)12-7-5-4-6-8-12/h4-9,15H,1-3H3. The second kappa shape index (κ2) is 5.98. The van der Waals surface area contributed by atoms with E-state index >= 15 is 0 Å². The molecule has 0 amide bonds. The zero-order valence-corrected chi connectivity index (χ0v) is 13.5. The van der Waals surface area contributed by atoms with Gasteiger partial charge in [0.25, 0.3) is 0 Å². The first kappa shape index (κ1) is 14.4. The molecule has 0 bridgehead atoms. The molecular weight excluding hydrogens is 324 g/mol. The van der Waals surface area contributed by atoms with Crippen LogP contribution in [0, 0.1) is 13.8 Å². The summed E-state index contributed by atoms with van der Waals surface area (Å²) in [4.78, 5) is 0. The number of hydrogen-bond acceptors (Lipinski definition) is 1. The summed E-state index contributed by atoms with van der Waals surface area (Å²) in [5.41, 5.74) is 4.30.